The van der Waals surface area contributed by atoms with Crippen LogP contribution in [-0.2, 0) is 0 Å². The van der Waals surface area contributed by atoms with Crippen molar-refractivity contribution >= 4 is 11.8 Å². The summed E-state index contributed by atoms with van der Waals surface area (Å²) in [6.07, 6.45) is -0.411. The minimum absolute atomic E-state index is 0.411. The Labute approximate surface area is 119 Å². The second-order valence-corrected chi connectivity index (χ2v) is 6.10. The molecular formula is C17H20OS. The van der Waals surface area contributed by atoms with E-state index in [0.29, 0.717) is 5.75 Å². The molecule has 2 aromatic rings. The number of rotatable bonds is 4. The zero-order valence-electron chi connectivity index (χ0n) is 11.7. The van der Waals surface area contributed by atoms with E-state index >= 15 is 0 Å². The molecule has 0 amide bonds. The van der Waals surface area contributed by atoms with Crippen LogP contribution in [0.1, 0.15) is 28.4 Å². The molecule has 0 spiro atoms. The van der Waals surface area contributed by atoms with Gasteiger partial charge < -0.3 is 5.11 Å². The van der Waals surface area contributed by atoms with Gasteiger partial charge in [-0.05, 0) is 44.0 Å². The third-order valence-electron chi connectivity index (χ3n) is 3.18. The zero-order valence-corrected chi connectivity index (χ0v) is 12.5. The largest absolute Gasteiger partial charge is 0.388 e. The van der Waals surface area contributed by atoms with Crippen molar-refractivity contribution in [2.45, 2.75) is 31.8 Å². The maximum Gasteiger partial charge on any atom is 0.0886 e. The second-order valence-electron chi connectivity index (χ2n) is 5.00. The van der Waals surface area contributed by atoms with E-state index < -0.39 is 6.10 Å². The van der Waals surface area contributed by atoms with Gasteiger partial charge in [-0.3, -0.25) is 0 Å². The molecule has 19 heavy (non-hydrogen) atoms. The molecule has 2 rings (SSSR count). The van der Waals surface area contributed by atoms with Crippen LogP contribution in [0.5, 0.6) is 0 Å². The van der Waals surface area contributed by atoms with Crippen LogP contribution in [-0.4, -0.2) is 10.9 Å². The molecule has 0 heterocycles. The molecule has 0 aliphatic rings. The molecule has 1 N–H and O–H groups in total. The van der Waals surface area contributed by atoms with Crippen molar-refractivity contribution in [1.82, 2.24) is 0 Å². The molecule has 0 fully saturated rings. The van der Waals surface area contributed by atoms with Crippen molar-refractivity contribution in [3.63, 3.8) is 0 Å². The van der Waals surface area contributed by atoms with Crippen molar-refractivity contribution in [1.29, 1.82) is 0 Å². The Morgan fingerprint density at radius 2 is 1.74 bits per heavy atom. The smallest absolute Gasteiger partial charge is 0.0886 e. The minimum atomic E-state index is -0.411. The summed E-state index contributed by atoms with van der Waals surface area (Å²) < 4.78 is 0. The zero-order chi connectivity index (χ0) is 13.8. The number of hydrogen-bond acceptors (Lipinski definition) is 2. The molecule has 2 heteroatoms. The Morgan fingerprint density at radius 1 is 1.00 bits per heavy atom. The maximum atomic E-state index is 10.3. The Kier molecular flexibility index (Phi) is 4.67. The van der Waals surface area contributed by atoms with Gasteiger partial charge in [-0.15, -0.1) is 11.8 Å². The summed E-state index contributed by atoms with van der Waals surface area (Å²) in [5, 5.41) is 10.3. The van der Waals surface area contributed by atoms with Crippen molar-refractivity contribution < 1.29 is 5.11 Å². The Hall–Kier alpha value is -1.25. The quantitative estimate of drug-likeness (QED) is 0.830. The molecule has 0 radical (unpaired) electrons. The first-order valence-corrected chi connectivity index (χ1v) is 7.49. The molecule has 0 saturated carbocycles. The maximum absolute atomic E-state index is 10.3. The third kappa shape index (κ3) is 3.85. The van der Waals surface area contributed by atoms with E-state index in [-0.39, 0.29) is 0 Å². The molecule has 0 bridgehead atoms. The molecule has 1 atom stereocenters. The SMILES string of the molecule is Cc1cccc(SCC(O)c2ccc(C)cc2C)c1. The van der Waals surface area contributed by atoms with Crippen molar-refractivity contribution in [3.8, 4) is 0 Å². The molecule has 0 aromatic heterocycles. The minimum Gasteiger partial charge on any atom is -0.388 e. The Bertz CT molecular complexity index is 563. The Morgan fingerprint density at radius 3 is 2.42 bits per heavy atom. The van der Waals surface area contributed by atoms with Gasteiger partial charge in [-0.25, -0.2) is 0 Å². The van der Waals surface area contributed by atoms with Gasteiger partial charge in [-0.2, -0.15) is 0 Å². The predicted octanol–water partition coefficient (Wildman–Crippen LogP) is 4.44. The van der Waals surface area contributed by atoms with E-state index in [4.69, 9.17) is 0 Å². The van der Waals surface area contributed by atoms with E-state index in [0.717, 1.165) is 11.1 Å². The lowest BCUT2D eigenvalue weighted by Gasteiger charge is -2.14. The van der Waals surface area contributed by atoms with E-state index in [1.807, 2.05) is 6.07 Å². The number of thioether (sulfide) groups is 1. The first kappa shape index (κ1) is 14.2. The highest BCUT2D eigenvalue weighted by atomic mass is 32.2. The van der Waals surface area contributed by atoms with Gasteiger partial charge in [0.05, 0.1) is 6.10 Å². The second kappa shape index (κ2) is 6.27. The molecule has 2 aromatic carbocycles. The van der Waals surface area contributed by atoms with Crippen LogP contribution in [0.4, 0.5) is 0 Å². The van der Waals surface area contributed by atoms with E-state index in [1.165, 1.54) is 16.0 Å². The highest BCUT2D eigenvalue weighted by Crippen LogP contribution is 2.27. The first-order valence-electron chi connectivity index (χ1n) is 6.51. The van der Waals surface area contributed by atoms with E-state index in [1.54, 1.807) is 11.8 Å². The topological polar surface area (TPSA) is 20.2 Å². The van der Waals surface area contributed by atoms with E-state index in [2.05, 4.69) is 57.2 Å². The number of aryl methyl sites for hydroxylation is 3. The summed E-state index contributed by atoms with van der Waals surface area (Å²) in [4.78, 5) is 1.21. The van der Waals surface area contributed by atoms with Crippen LogP contribution in [0, 0.1) is 20.8 Å². The summed E-state index contributed by atoms with van der Waals surface area (Å²) in [6, 6.07) is 14.6. The average Bonchev–Trinajstić information content (AvgIpc) is 2.36. The van der Waals surface area contributed by atoms with Gasteiger partial charge in [-0.1, -0.05) is 41.5 Å². The number of hydrogen-bond donors (Lipinski definition) is 1. The lowest BCUT2D eigenvalue weighted by atomic mass is 10.0. The first-order chi connectivity index (χ1) is 9.06. The van der Waals surface area contributed by atoms with Crippen molar-refractivity contribution in [3.05, 3.63) is 64.7 Å². The fourth-order valence-corrected chi connectivity index (χ4v) is 3.14. The van der Waals surface area contributed by atoms with Gasteiger partial charge >= 0.3 is 0 Å². The lowest BCUT2D eigenvalue weighted by molar-refractivity contribution is 0.203. The lowest BCUT2D eigenvalue weighted by Crippen LogP contribution is -2.03. The van der Waals surface area contributed by atoms with Crippen LogP contribution < -0.4 is 0 Å². The van der Waals surface area contributed by atoms with Crippen molar-refractivity contribution in [2.24, 2.45) is 0 Å². The highest BCUT2D eigenvalue weighted by molar-refractivity contribution is 7.99. The summed E-state index contributed by atoms with van der Waals surface area (Å²) in [7, 11) is 0. The van der Waals surface area contributed by atoms with Gasteiger partial charge in [0.1, 0.15) is 0 Å². The van der Waals surface area contributed by atoms with Crippen molar-refractivity contribution in [2.75, 3.05) is 5.75 Å². The van der Waals surface area contributed by atoms with E-state index in [9.17, 15) is 5.11 Å². The molecule has 100 valence electrons. The predicted molar refractivity (Wildman–Crippen MR) is 82.8 cm³/mol. The van der Waals surface area contributed by atoms with Crippen LogP contribution in [0.2, 0.25) is 0 Å². The summed E-state index contributed by atoms with van der Waals surface area (Å²) in [6.45, 7) is 6.22. The summed E-state index contributed by atoms with van der Waals surface area (Å²) in [5.41, 5.74) is 4.69. The normalized spacial score (nSPS) is 12.4. The molecule has 0 aliphatic heterocycles. The number of aliphatic hydroxyl groups excluding tert-OH is 1. The fraction of sp³-hybridized carbons (Fsp3) is 0.294. The third-order valence-corrected chi connectivity index (χ3v) is 4.25. The monoisotopic (exact) mass is 272 g/mol. The standard InChI is InChI=1S/C17H20OS/c1-12-5-4-6-15(10-12)19-11-17(18)16-8-7-13(2)9-14(16)3/h4-10,17-18H,11H2,1-3H3. The number of benzene rings is 2. The van der Waals surface area contributed by atoms with Crippen LogP contribution in [0.3, 0.4) is 0 Å². The van der Waals surface area contributed by atoms with Gasteiger partial charge in [0.25, 0.3) is 0 Å². The fourth-order valence-electron chi connectivity index (χ4n) is 2.17. The van der Waals surface area contributed by atoms with Crippen LogP contribution in [0.25, 0.3) is 0 Å². The van der Waals surface area contributed by atoms with Crippen LogP contribution >= 0.6 is 11.8 Å². The Balaban J connectivity index is 2.03. The van der Waals surface area contributed by atoms with Gasteiger partial charge in [0, 0.05) is 10.6 Å². The summed E-state index contributed by atoms with van der Waals surface area (Å²) >= 11 is 1.70. The number of aliphatic hydroxyl groups is 1. The highest BCUT2D eigenvalue weighted by Gasteiger charge is 2.10. The molecular weight excluding hydrogens is 252 g/mol. The molecule has 1 nitrogen and oxygen atoms in total. The van der Waals surface area contributed by atoms with Crippen LogP contribution in [0.15, 0.2) is 47.4 Å². The molecule has 0 saturated heterocycles. The average molecular weight is 272 g/mol. The molecule has 1 unspecified atom stereocenters. The molecule has 0 aliphatic carbocycles. The van der Waals surface area contributed by atoms with Gasteiger partial charge in [0.2, 0.25) is 0 Å². The van der Waals surface area contributed by atoms with Gasteiger partial charge in [0.15, 0.2) is 0 Å². The summed E-state index contributed by atoms with van der Waals surface area (Å²) in [5.74, 6) is 0.688.